The highest BCUT2D eigenvalue weighted by Gasteiger charge is 2.13. The second kappa shape index (κ2) is 7.82. The third-order valence-electron chi connectivity index (χ3n) is 3.16. The molecule has 1 aromatic heterocycles. The van der Waals surface area contributed by atoms with Crippen LogP contribution in [-0.2, 0) is 4.74 Å². The SMILES string of the molecule is CCCNC(COCC)c1cnn(-c2ccccc2)c1. The lowest BCUT2D eigenvalue weighted by atomic mass is 10.1. The molecule has 1 aromatic carbocycles. The Hall–Kier alpha value is -1.65. The van der Waals surface area contributed by atoms with Gasteiger partial charge in [0.25, 0.3) is 0 Å². The lowest BCUT2D eigenvalue weighted by Crippen LogP contribution is -2.26. The van der Waals surface area contributed by atoms with Crippen LogP contribution in [0.5, 0.6) is 0 Å². The van der Waals surface area contributed by atoms with Gasteiger partial charge >= 0.3 is 0 Å². The van der Waals surface area contributed by atoms with Crippen LogP contribution in [0.3, 0.4) is 0 Å². The molecule has 1 N–H and O–H groups in total. The van der Waals surface area contributed by atoms with Crippen LogP contribution in [0.4, 0.5) is 0 Å². The maximum Gasteiger partial charge on any atom is 0.0662 e. The number of nitrogens with zero attached hydrogens (tertiary/aromatic N) is 2. The molecule has 0 amide bonds. The molecule has 0 saturated heterocycles. The lowest BCUT2D eigenvalue weighted by molar-refractivity contribution is 0.123. The standard InChI is InChI=1S/C16H23N3O/c1-3-10-17-16(13-20-4-2)14-11-18-19(12-14)15-8-6-5-7-9-15/h5-9,11-12,16-17H,3-4,10,13H2,1-2H3. The van der Waals surface area contributed by atoms with Gasteiger partial charge in [-0.05, 0) is 32.0 Å². The summed E-state index contributed by atoms with van der Waals surface area (Å²) in [5.41, 5.74) is 2.24. The summed E-state index contributed by atoms with van der Waals surface area (Å²) in [6, 6.07) is 10.3. The minimum Gasteiger partial charge on any atom is -0.380 e. The molecule has 2 aromatic rings. The molecule has 1 heterocycles. The highest BCUT2D eigenvalue weighted by molar-refractivity contribution is 5.31. The number of rotatable bonds is 8. The van der Waals surface area contributed by atoms with Crippen LogP contribution in [0.1, 0.15) is 31.9 Å². The summed E-state index contributed by atoms with van der Waals surface area (Å²) in [5, 5.41) is 7.95. The van der Waals surface area contributed by atoms with Gasteiger partial charge in [0.1, 0.15) is 0 Å². The summed E-state index contributed by atoms with van der Waals surface area (Å²) in [5.74, 6) is 0. The normalized spacial score (nSPS) is 12.5. The molecule has 0 aliphatic heterocycles. The molecule has 0 radical (unpaired) electrons. The number of nitrogens with one attached hydrogen (secondary N) is 1. The maximum atomic E-state index is 5.56. The van der Waals surface area contributed by atoms with Crippen molar-refractivity contribution in [3.8, 4) is 5.69 Å². The van der Waals surface area contributed by atoms with Crippen LogP contribution in [0.15, 0.2) is 42.7 Å². The first-order chi connectivity index (χ1) is 9.85. The molecule has 4 nitrogen and oxygen atoms in total. The van der Waals surface area contributed by atoms with Crippen molar-refractivity contribution in [2.24, 2.45) is 0 Å². The van der Waals surface area contributed by atoms with E-state index in [1.165, 1.54) is 0 Å². The van der Waals surface area contributed by atoms with Crippen molar-refractivity contribution in [2.75, 3.05) is 19.8 Å². The van der Waals surface area contributed by atoms with Crippen molar-refractivity contribution in [1.82, 2.24) is 15.1 Å². The topological polar surface area (TPSA) is 39.1 Å². The first-order valence-electron chi connectivity index (χ1n) is 7.26. The number of aromatic nitrogens is 2. The fraction of sp³-hybridized carbons (Fsp3) is 0.438. The van der Waals surface area contributed by atoms with Crippen molar-refractivity contribution in [3.05, 3.63) is 48.3 Å². The number of ether oxygens (including phenoxy) is 1. The molecule has 0 aliphatic carbocycles. The highest BCUT2D eigenvalue weighted by Crippen LogP contribution is 2.15. The van der Waals surface area contributed by atoms with Crippen molar-refractivity contribution < 1.29 is 4.74 Å². The third-order valence-corrected chi connectivity index (χ3v) is 3.16. The zero-order valence-corrected chi connectivity index (χ0v) is 12.2. The first kappa shape index (κ1) is 14.8. The number of benzene rings is 1. The summed E-state index contributed by atoms with van der Waals surface area (Å²) in [4.78, 5) is 0. The average Bonchev–Trinajstić information content (AvgIpc) is 2.98. The van der Waals surface area contributed by atoms with Gasteiger partial charge < -0.3 is 10.1 Å². The smallest absolute Gasteiger partial charge is 0.0662 e. The number of hydrogen-bond acceptors (Lipinski definition) is 3. The second-order valence-electron chi connectivity index (χ2n) is 4.72. The largest absolute Gasteiger partial charge is 0.380 e. The Morgan fingerprint density at radius 2 is 2.05 bits per heavy atom. The molecule has 4 heteroatoms. The molecule has 1 atom stereocenters. The predicted octanol–water partition coefficient (Wildman–Crippen LogP) is 2.95. The van der Waals surface area contributed by atoms with Crippen molar-refractivity contribution in [3.63, 3.8) is 0 Å². The van der Waals surface area contributed by atoms with Crippen LogP contribution in [0.2, 0.25) is 0 Å². The van der Waals surface area contributed by atoms with Gasteiger partial charge in [-0.3, -0.25) is 0 Å². The van der Waals surface area contributed by atoms with Crippen molar-refractivity contribution >= 4 is 0 Å². The van der Waals surface area contributed by atoms with E-state index < -0.39 is 0 Å². The third kappa shape index (κ3) is 3.92. The van der Waals surface area contributed by atoms with Gasteiger partial charge in [0.2, 0.25) is 0 Å². The van der Waals surface area contributed by atoms with Gasteiger partial charge in [-0.1, -0.05) is 25.1 Å². The summed E-state index contributed by atoms with van der Waals surface area (Å²) < 4.78 is 7.47. The summed E-state index contributed by atoms with van der Waals surface area (Å²) >= 11 is 0. The number of hydrogen-bond donors (Lipinski definition) is 1. The van der Waals surface area contributed by atoms with E-state index in [0.29, 0.717) is 6.61 Å². The van der Waals surface area contributed by atoms with Crippen LogP contribution in [0.25, 0.3) is 5.69 Å². The molecule has 108 valence electrons. The Balaban J connectivity index is 2.11. The first-order valence-corrected chi connectivity index (χ1v) is 7.26. The van der Waals surface area contributed by atoms with Gasteiger partial charge in [-0.2, -0.15) is 5.10 Å². The molecule has 1 unspecified atom stereocenters. The monoisotopic (exact) mass is 273 g/mol. The molecule has 0 bridgehead atoms. The maximum absolute atomic E-state index is 5.56. The van der Waals surface area contributed by atoms with Crippen molar-refractivity contribution in [2.45, 2.75) is 26.3 Å². The van der Waals surface area contributed by atoms with Gasteiger partial charge in [-0.15, -0.1) is 0 Å². The Morgan fingerprint density at radius 1 is 1.25 bits per heavy atom. The Kier molecular flexibility index (Phi) is 5.77. The molecule has 2 rings (SSSR count). The zero-order chi connectivity index (χ0) is 14.2. The second-order valence-corrected chi connectivity index (χ2v) is 4.72. The molecule has 0 aliphatic rings. The van der Waals surface area contributed by atoms with Gasteiger partial charge in [-0.25, -0.2) is 4.68 Å². The van der Waals surface area contributed by atoms with E-state index >= 15 is 0 Å². The lowest BCUT2D eigenvalue weighted by Gasteiger charge is -2.16. The van der Waals surface area contributed by atoms with E-state index in [9.17, 15) is 0 Å². The average molecular weight is 273 g/mol. The Bertz CT molecular complexity index is 487. The van der Waals surface area contributed by atoms with Gasteiger partial charge in [0.15, 0.2) is 0 Å². The van der Waals surface area contributed by atoms with E-state index in [1.54, 1.807) is 0 Å². The Labute approximate surface area is 120 Å². The van der Waals surface area contributed by atoms with Crippen LogP contribution < -0.4 is 5.32 Å². The van der Waals surface area contributed by atoms with Gasteiger partial charge in [0, 0.05) is 18.4 Å². The van der Waals surface area contributed by atoms with Crippen LogP contribution >= 0.6 is 0 Å². The molecule has 0 spiro atoms. The fourth-order valence-electron chi connectivity index (χ4n) is 2.07. The number of para-hydroxylation sites is 1. The minimum atomic E-state index is 0.201. The van der Waals surface area contributed by atoms with E-state index in [0.717, 1.165) is 30.8 Å². The fourth-order valence-corrected chi connectivity index (χ4v) is 2.07. The highest BCUT2D eigenvalue weighted by atomic mass is 16.5. The molecular formula is C16H23N3O. The summed E-state index contributed by atoms with van der Waals surface area (Å²) in [7, 11) is 0. The van der Waals surface area contributed by atoms with Crippen LogP contribution in [0, 0.1) is 0 Å². The zero-order valence-electron chi connectivity index (χ0n) is 12.2. The van der Waals surface area contributed by atoms with Gasteiger partial charge in [0.05, 0.1) is 24.5 Å². The van der Waals surface area contributed by atoms with E-state index in [2.05, 4.69) is 23.5 Å². The molecular weight excluding hydrogens is 250 g/mol. The summed E-state index contributed by atoms with van der Waals surface area (Å²) in [6.45, 7) is 6.57. The van der Waals surface area contributed by atoms with E-state index in [1.807, 2.05) is 48.1 Å². The van der Waals surface area contributed by atoms with E-state index in [-0.39, 0.29) is 6.04 Å². The molecule has 0 saturated carbocycles. The quantitative estimate of drug-likeness (QED) is 0.803. The summed E-state index contributed by atoms with van der Waals surface area (Å²) in [6.07, 6.45) is 5.09. The predicted molar refractivity (Wildman–Crippen MR) is 81.1 cm³/mol. The molecule has 20 heavy (non-hydrogen) atoms. The molecule has 0 fully saturated rings. The minimum absolute atomic E-state index is 0.201. The Morgan fingerprint density at radius 3 is 2.75 bits per heavy atom. The van der Waals surface area contributed by atoms with Crippen LogP contribution in [-0.4, -0.2) is 29.5 Å². The van der Waals surface area contributed by atoms with Crippen molar-refractivity contribution in [1.29, 1.82) is 0 Å². The van der Waals surface area contributed by atoms with E-state index in [4.69, 9.17) is 4.74 Å².